The molecule has 1 aliphatic heterocycles. The van der Waals surface area contributed by atoms with Crippen molar-refractivity contribution < 1.29 is 9.53 Å². The molecule has 250 valence electrons. The molecule has 1 fully saturated rings. The molecule has 1 heterocycles. The van der Waals surface area contributed by atoms with E-state index >= 15 is 0 Å². The summed E-state index contributed by atoms with van der Waals surface area (Å²) in [6.07, 6.45) is 22.3. The number of ether oxygens (including phenoxy) is 1. The summed E-state index contributed by atoms with van der Waals surface area (Å²) in [7, 11) is 1.74. The van der Waals surface area contributed by atoms with Crippen molar-refractivity contribution in [3.8, 4) is 0 Å². The molecule has 3 aliphatic rings. The van der Waals surface area contributed by atoms with Crippen molar-refractivity contribution >= 4 is 34.6 Å². The van der Waals surface area contributed by atoms with Gasteiger partial charge in [-0.05, 0) is 135 Å². The summed E-state index contributed by atoms with van der Waals surface area (Å²) in [5.74, 6) is 2.12. The Bertz CT molecular complexity index is 1550. The van der Waals surface area contributed by atoms with Gasteiger partial charge in [0.15, 0.2) is 0 Å². The van der Waals surface area contributed by atoms with E-state index in [0.29, 0.717) is 17.6 Å². The third-order valence-electron chi connectivity index (χ3n) is 10.2. The quantitative estimate of drug-likeness (QED) is 0.176. The Morgan fingerprint density at radius 1 is 1.11 bits per heavy atom. The van der Waals surface area contributed by atoms with E-state index in [2.05, 4.69) is 91.8 Å². The number of fused-ring (bicyclic) bond motifs is 1. The number of benzene rings is 2. The third kappa shape index (κ3) is 9.15. The number of hydrogen-bond acceptors (Lipinski definition) is 5. The van der Waals surface area contributed by atoms with Gasteiger partial charge < -0.3 is 15.0 Å². The normalized spacial score (nSPS) is 19.0. The third-order valence-corrected chi connectivity index (χ3v) is 10.2. The lowest BCUT2D eigenvalue weighted by atomic mass is 9.93. The van der Waals surface area contributed by atoms with Crippen LogP contribution < -0.4 is 5.32 Å². The molecule has 0 saturated heterocycles. The van der Waals surface area contributed by atoms with E-state index in [1.807, 2.05) is 0 Å². The molecular formula is C42H55N3O2. The van der Waals surface area contributed by atoms with Crippen molar-refractivity contribution in [3.05, 3.63) is 94.8 Å². The first-order chi connectivity index (χ1) is 22.9. The second-order valence-corrected chi connectivity index (χ2v) is 13.7. The predicted molar refractivity (Wildman–Crippen MR) is 199 cm³/mol. The number of methoxy groups -OCH3 is 1. The number of rotatable bonds is 13. The molecule has 5 nitrogen and oxygen atoms in total. The van der Waals surface area contributed by atoms with Crippen LogP contribution in [-0.2, 0) is 22.5 Å². The first-order valence-electron chi connectivity index (χ1n) is 18.0. The van der Waals surface area contributed by atoms with E-state index in [1.54, 1.807) is 7.11 Å². The van der Waals surface area contributed by atoms with Gasteiger partial charge in [-0.2, -0.15) is 0 Å². The number of allylic oxidation sites excluding steroid dienone is 5. The Kier molecular flexibility index (Phi) is 12.3. The number of carbonyl (C=O) groups is 1. The summed E-state index contributed by atoms with van der Waals surface area (Å²) >= 11 is 0. The molecule has 5 heteroatoms. The van der Waals surface area contributed by atoms with Crippen LogP contribution in [0.1, 0.15) is 106 Å². The summed E-state index contributed by atoms with van der Waals surface area (Å²) in [6.45, 7) is 14.0. The molecule has 2 unspecified atom stereocenters. The van der Waals surface area contributed by atoms with Gasteiger partial charge >= 0.3 is 0 Å². The van der Waals surface area contributed by atoms with Crippen LogP contribution in [0.2, 0.25) is 0 Å². The lowest BCUT2D eigenvalue weighted by Gasteiger charge is -2.33. The number of nitrogens with zero attached hydrogens (tertiary/aromatic N) is 2. The summed E-state index contributed by atoms with van der Waals surface area (Å²) in [6, 6.07) is 11.4. The number of aryl methyl sites for hydroxylation is 1. The predicted octanol–water partition coefficient (Wildman–Crippen LogP) is 10.4. The molecule has 2 aromatic rings. The minimum Gasteiger partial charge on any atom is -0.497 e. The van der Waals surface area contributed by atoms with Gasteiger partial charge in [0.1, 0.15) is 11.5 Å². The second kappa shape index (κ2) is 16.8. The molecule has 2 atom stereocenters. The number of aliphatic imine (C=N–C) groups is 1. The molecule has 1 N–H and O–H groups in total. The van der Waals surface area contributed by atoms with Crippen molar-refractivity contribution in [2.45, 2.75) is 97.9 Å². The number of anilines is 1. The number of nitrogens with one attached hydrogen (secondary N) is 1. The highest BCUT2D eigenvalue weighted by Crippen LogP contribution is 2.37. The Balaban J connectivity index is 1.34. The van der Waals surface area contributed by atoms with Crippen LogP contribution in [0.3, 0.4) is 0 Å². The van der Waals surface area contributed by atoms with Crippen molar-refractivity contribution in [2.75, 3.05) is 25.5 Å². The van der Waals surface area contributed by atoms with Gasteiger partial charge in [-0.3, -0.25) is 9.79 Å². The van der Waals surface area contributed by atoms with Crippen LogP contribution in [0.15, 0.2) is 72.0 Å². The van der Waals surface area contributed by atoms with E-state index < -0.39 is 0 Å². The van der Waals surface area contributed by atoms with Gasteiger partial charge in [-0.15, -0.1) is 0 Å². The molecule has 0 radical (unpaired) electrons. The fourth-order valence-corrected chi connectivity index (χ4v) is 6.95. The fourth-order valence-electron chi connectivity index (χ4n) is 6.95. The van der Waals surface area contributed by atoms with Crippen molar-refractivity contribution in [1.82, 2.24) is 4.90 Å². The molecular weight excluding hydrogens is 578 g/mol. The molecule has 47 heavy (non-hydrogen) atoms. The maximum absolute atomic E-state index is 12.0. The van der Waals surface area contributed by atoms with Crippen LogP contribution in [0.5, 0.6) is 0 Å². The summed E-state index contributed by atoms with van der Waals surface area (Å²) < 4.78 is 5.60. The van der Waals surface area contributed by atoms with Crippen LogP contribution in [0.4, 0.5) is 11.4 Å². The van der Waals surface area contributed by atoms with Gasteiger partial charge in [-0.25, -0.2) is 0 Å². The maximum atomic E-state index is 12.0. The van der Waals surface area contributed by atoms with Gasteiger partial charge in [0, 0.05) is 55.1 Å². The van der Waals surface area contributed by atoms with E-state index in [9.17, 15) is 4.79 Å². The smallest absolute Gasteiger partial charge is 0.135 e. The largest absolute Gasteiger partial charge is 0.497 e. The zero-order valence-corrected chi connectivity index (χ0v) is 29.2. The Labute approximate surface area is 283 Å². The average Bonchev–Trinajstić information content (AvgIpc) is 3.54. The Hall–Kier alpha value is -3.86. The van der Waals surface area contributed by atoms with Crippen LogP contribution in [0.25, 0.3) is 11.3 Å². The van der Waals surface area contributed by atoms with Crippen LogP contribution in [0, 0.1) is 18.8 Å². The van der Waals surface area contributed by atoms with E-state index in [4.69, 9.17) is 16.3 Å². The summed E-state index contributed by atoms with van der Waals surface area (Å²) in [5.41, 5.74) is 10.7. The van der Waals surface area contributed by atoms with Gasteiger partial charge in [-0.1, -0.05) is 45.1 Å². The highest BCUT2D eigenvalue weighted by Gasteiger charge is 2.24. The molecule has 5 rings (SSSR count). The Morgan fingerprint density at radius 3 is 2.74 bits per heavy atom. The minimum absolute atomic E-state index is 0.318. The van der Waals surface area contributed by atoms with E-state index in [1.165, 1.54) is 28.0 Å². The van der Waals surface area contributed by atoms with E-state index in [-0.39, 0.29) is 0 Å². The summed E-state index contributed by atoms with van der Waals surface area (Å²) in [4.78, 5) is 19.5. The first kappa shape index (κ1) is 34.5. The van der Waals surface area contributed by atoms with Crippen molar-refractivity contribution in [3.63, 3.8) is 0 Å². The summed E-state index contributed by atoms with van der Waals surface area (Å²) in [5, 5.41) is 3.65. The second-order valence-electron chi connectivity index (χ2n) is 13.7. The highest BCUT2D eigenvalue weighted by atomic mass is 16.5. The standard InChI is InChI=1S/C42H55N3O2/c1-6-30(2)28-44-42-31(3)25-36(33-13-8-7-9-16-39(47-5)21-19-33)27-40(42)32(4)45-24-22-34-18-20-38(26-37(34)29-45)43-23-11-10-14-35-15-12-17-41(35)46/h13,16,18-21,25-28,30,35,43H,4,6-12,14-15,17,22-24,29H2,1-3,5H3. The van der Waals surface area contributed by atoms with Crippen LogP contribution >= 0.6 is 0 Å². The molecule has 2 aromatic carbocycles. The molecule has 2 aliphatic carbocycles. The monoisotopic (exact) mass is 633 g/mol. The molecule has 0 spiro atoms. The molecule has 0 amide bonds. The highest BCUT2D eigenvalue weighted by molar-refractivity contribution is 5.84. The number of ketones is 1. The zero-order valence-electron chi connectivity index (χ0n) is 29.2. The molecule has 0 bridgehead atoms. The number of hydrogen-bond donors (Lipinski definition) is 1. The number of Topliss-reactive ketones (excluding diaryl/α,β-unsaturated/α-hetero) is 1. The fraction of sp³-hybridized carbons (Fsp3) is 0.476. The van der Waals surface area contributed by atoms with Crippen molar-refractivity contribution in [1.29, 1.82) is 0 Å². The van der Waals surface area contributed by atoms with E-state index in [0.717, 1.165) is 119 Å². The SMILES string of the molecule is C=C(c1cc(C2=CCCCC=C(OC)C=C2)cc(C)c1N=CC(C)CC)N1CCc2ccc(NCCCCC3CCCC3=O)cc2C1. The van der Waals surface area contributed by atoms with Gasteiger partial charge in [0.2, 0.25) is 0 Å². The number of unbranched alkanes of at least 4 members (excludes halogenated alkanes) is 1. The molecule has 0 aromatic heterocycles. The minimum atomic E-state index is 0.318. The maximum Gasteiger partial charge on any atom is 0.135 e. The van der Waals surface area contributed by atoms with Crippen molar-refractivity contribution in [2.24, 2.45) is 16.8 Å². The average molecular weight is 634 g/mol. The molecule has 1 saturated carbocycles. The van der Waals surface area contributed by atoms with Crippen LogP contribution in [-0.4, -0.2) is 37.1 Å². The lowest BCUT2D eigenvalue weighted by Crippen LogP contribution is -2.29. The zero-order chi connectivity index (χ0) is 33.2. The topological polar surface area (TPSA) is 53.9 Å². The lowest BCUT2D eigenvalue weighted by molar-refractivity contribution is -0.120. The number of carbonyl (C=O) groups excluding carboxylic acids is 1. The first-order valence-corrected chi connectivity index (χ1v) is 18.0. The van der Waals surface area contributed by atoms with Gasteiger partial charge in [0.25, 0.3) is 0 Å². The van der Waals surface area contributed by atoms with Gasteiger partial charge in [0.05, 0.1) is 12.8 Å². The Morgan fingerprint density at radius 2 is 1.96 bits per heavy atom.